The normalized spacial score (nSPS) is 13.0. The molecule has 0 rings (SSSR count). The number of nitrogens with zero attached hydrogens (tertiary/aromatic N) is 1. The Hall–Kier alpha value is -0.600. The van der Waals surface area contributed by atoms with E-state index in [1.807, 2.05) is 0 Å². The lowest BCUT2D eigenvalue weighted by Crippen LogP contribution is -2.05. The van der Waals surface area contributed by atoms with Crippen molar-refractivity contribution in [3.8, 4) is 0 Å². The average Bonchev–Trinajstić information content (AvgIpc) is 1.85. The smallest absolute Gasteiger partial charge is 0.204 e. The van der Waals surface area contributed by atoms with E-state index in [0.717, 1.165) is 19.3 Å². The van der Waals surface area contributed by atoms with Crippen molar-refractivity contribution in [3.63, 3.8) is 0 Å². The molecule has 0 bridgehead atoms. The second-order valence-corrected chi connectivity index (χ2v) is 2.74. The molecular weight excluding hydrogens is 130 g/mol. The molecule has 0 saturated carbocycles. The van der Waals surface area contributed by atoms with Crippen LogP contribution in [0.15, 0.2) is 0 Å². The maximum atomic E-state index is 9.91. The second-order valence-electron chi connectivity index (χ2n) is 2.74. The standard InChI is InChI=1S/C7H15NO2/c1-3-4-7(2)5-6-8(9)10/h7H,3-6H2,1-2H3. The zero-order valence-electron chi connectivity index (χ0n) is 6.67. The predicted molar refractivity (Wildman–Crippen MR) is 40.6 cm³/mol. The molecule has 0 N–H and O–H groups in total. The van der Waals surface area contributed by atoms with Crippen LogP contribution in [0.2, 0.25) is 0 Å². The summed E-state index contributed by atoms with van der Waals surface area (Å²) in [5.41, 5.74) is 0. The summed E-state index contributed by atoms with van der Waals surface area (Å²) >= 11 is 0. The summed E-state index contributed by atoms with van der Waals surface area (Å²) in [4.78, 5) is 9.67. The van der Waals surface area contributed by atoms with Crippen LogP contribution in [-0.4, -0.2) is 11.5 Å². The van der Waals surface area contributed by atoms with Gasteiger partial charge in [0.15, 0.2) is 0 Å². The molecule has 0 aromatic rings. The number of rotatable bonds is 5. The Kier molecular flexibility index (Phi) is 4.89. The van der Waals surface area contributed by atoms with Gasteiger partial charge in [0.1, 0.15) is 0 Å². The van der Waals surface area contributed by atoms with Gasteiger partial charge >= 0.3 is 0 Å². The largest absolute Gasteiger partial charge is 0.265 e. The minimum atomic E-state index is -0.244. The molecule has 1 atom stereocenters. The van der Waals surface area contributed by atoms with Crippen molar-refractivity contribution >= 4 is 0 Å². The Bertz CT molecular complexity index is 104. The fourth-order valence-electron chi connectivity index (χ4n) is 0.963. The first kappa shape index (κ1) is 9.40. The Morgan fingerprint density at radius 2 is 2.10 bits per heavy atom. The summed E-state index contributed by atoms with van der Waals surface area (Å²) in [5, 5.41) is 9.91. The topological polar surface area (TPSA) is 43.1 Å². The van der Waals surface area contributed by atoms with Crippen molar-refractivity contribution in [2.24, 2.45) is 5.92 Å². The molecule has 0 fully saturated rings. The molecule has 0 aromatic heterocycles. The first-order valence-corrected chi connectivity index (χ1v) is 3.78. The summed E-state index contributed by atoms with van der Waals surface area (Å²) in [6, 6.07) is 0. The first-order chi connectivity index (χ1) is 4.66. The van der Waals surface area contributed by atoms with Crippen LogP contribution in [0.1, 0.15) is 33.1 Å². The van der Waals surface area contributed by atoms with Crippen LogP contribution in [0.25, 0.3) is 0 Å². The van der Waals surface area contributed by atoms with E-state index >= 15 is 0 Å². The Morgan fingerprint density at radius 3 is 2.50 bits per heavy atom. The van der Waals surface area contributed by atoms with Gasteiger partial charge in [0.25, 0.3) is 0 Å². The third kappa shape index (κ3) is 5.54. The third-order valence-electron chi connectivity index (χ3n) is 1.59. The lowest BCUT2D eigenvalue weighted by atomic mass is 10.0. The van der Waals surface area contributed by atoms with E-state index in [2.05, 4.69) is 13.8 Å². The van der Waals surface area contributed by atoms with Gasteiger partial charge in [-0.25, -0.2) is 0 Å². The zero-order valence-corrected chi connectivity index (χ0v) is 6.67. The highest BCUT2D eigenvalue weighted by Crippen LogP contribution is 2.08. The van der Waals surface area contributed by atoms with Gasteiger partial charge in [-0.1, -0.05) is 26.7 Å². The fraction of sp³-hybridized carbons (Fsp3) is 1.00. The Morgan fingerprint density at radius 1 is 1.50 bits per heavy atom. The molecule has 1 unspecified atom stereocenters. The highest BCUT2D eigenvalue weighted by Gasteiger charge is 2.04. The van der Waals surface area contributed by atoms with Crippen LogP contribution < -0.4 is 0 Å². The van der Waals surface area contributed by atoms with Crippen LogP contribution in [0, 0.1) is 16.0 Å². The van der Waals surface area contributed by atoms with Crippen molar-refractivity contribution < 1.29 is 4.92 Å². The lowest BCUT2D eigenvalue weighted by Gasteiger charge is -2.04. The first-order valence-electron chi connectivity index (χ1n) is 3.78. The lowest BCUT2D eigenvalue weighted by molar-refractivity contribution is -0.481. The minimum absolute atomic E-state index is 0.126. The van der Waals surface area contributed by atoms with Crippen molar-refractivity contribution in [2.45, 2.75) is 33.1 Å². The number of nitro groups is 1. The van der Waals surface area contributed by atoms with Crippen LogP contribution in [0.5, 0.6) is 0 Å². The van der Waals surface area contributed by atoms with E-state index in [4.69, 9.17) is 0 Å². The molecule has 0 aliphatic carbocycles. The van der Waals surface area contributed by atoms with E-state index in [0.29, 0.717) is 5.92 Å². The van der Waals surface area contributed by atoms with Crippen molar-refractivity contribution in [1.82, 2.24) is 0 Å². The van der Waals surface area contributed by atoms with Gasteiger partial charge in [-0.2, -0.15) is 0 Å². The molecule has 0 spiro atoms. The van der Waals surface area contributed by atoms with Gasteiger partial charge in [0.2, 0.25) is 6.54 Å². The number of hydrogen-bond acceptors (Lipinski definition) is 2. The SMILES string of the molecule is CCCC(C)CC[N+](=O)[O-]. The van der Waals surface area contributed by atoms with Gasteiger partial charge in [0.05, 0.1) is 0 Å². The zero-order chi connectivity index (χ0) is 7.98. The summed E-state index contributed by atoms with van der Waals surface area (Å²) in [7, 11) is 0. The summed E-state index contributed by atoms with van der Waals surface area (Å²) in [6.45, 7) is 4.29. The summed E-state index contributed by atoms with van der Waals surface area (Å²) < 4.78 is 0. The highest BCUT2D eigenvalue weighted by molar-refractivity contribution is 4.49. The van der Waals surface area contributed by atoms with E-state index in [1.54, 1.807) is 0 Å². The number of hydrogen-bond donors (Lipinski definition) is 0. The molecule has 3 heteroatoms. The molecule has 0 aliphatic rings. The highest BCUT2D eigenvalue weighted by atomic mass is 16.6. The quantitative estimate of drug-likeness (QED) is 0.439. The maximum absolute atomic E-state index is 9.91. The van der Waals surface area contributed by atoms with Gasteiger partial charge in [-0.05, 0) is 5.92 Å². The molecule has 0 heterocycles. The van der Waals surface area contributed by atoms with E-state index in [-0.39, 0.29) is 11.5 Å². The Labute approximate surface area is 61.6 Å². The molecule has 0 aromatic carbocycles. The fourth-order valence-corrected chi connectivity index (χ4v) is 0.963. The van der Waals surface area contributed by atoms with Crippen molar-refractivity contribution in [1.29, 1.82) is 0 Å². The van der Waals surface area contributed by atoms with Crippen LogP contribution in [0.3, 0.4) is 0 Å². The van der Waals surface area contributed by atoms with E-state index in [9.17, 15) is 10.1 Å². The van der Waals surface area contributed by atoms with Gasteiger partial charge in [-0.15, -0.1) is 0 Å². The second kappa shape index (κ2) is 5.21. The van der Waals surface area contributed by atoms with Crippen LogP contribution in [-0.2, 0) is 0 Å². The van der Waals surface area contributed by atoms with E-state index in [1.165, 1.54) is 0 Å². The predicted octanol–water partition coefficient (Wildman–Crippen LogP) is 2.09. The third-order valence-corrected chi connectivity index (χ3v) is 1.59. The molecule has 10 heavy (non-hydrogen) atoms. The van der Waals surface area contributed by atoms with E-state index < -0.39 is 0 Å². The van der Waals surface area contributed by atoms with Gasteiger partial charge in [-0.3, -0.25) is 10.1 Å². The van der Waals surface area contributed by atoms with Crippen molar-refractivity contribution in [2.75, 3.05) is 6.54 Å². The molecule has 60 valence electrons. The molecule has 0 saturated heterocycles. The Balaban J connectivity index is 3.21. The molecule has 0 radical (unpaired) electrons. The molecular formula is C7H15NO2. The van der Waals surface area contributed by atoms with Crippen molar-refractivity contribution in [3.05, 3.63) is 10.1 Å². The average molecular weight is 145 g/mol. The monoisotopic (exact) mass is 145 g/mol. The van der Waals surface area contributed by atoms with Gasteiger partial charge in [0, 0.05) is 11.3 Å². The molecule has 3 nitrogen and oxygen atoms in total. The summed E-state index contributed by atoms with van der Waals surface area (Å²) in [6.07, 6.45) is 2.95. The minimum Gasteiger partial charge on any atom is -0.265 e. The molecule has 0 aliphatic heterocycles. The van der Waals surface area contributed by atoms with Crippen LogP contribution in [0.4, 0.5) is 0 Å². The van der Waals surface area contributed by atoms with Gasteiger partial charge < -0.3 is 0 Å². The molecule has 0 amide bonds. The summed E-state index contributed by atoms with van der Waals surface area (Å²) in [5.74, 6) is 0.510. The van der Waals surface area contributed by atoms with Crippen LogP contribution >= 0.6 is 0 Å². The maximum Gasteiger partial charge on any atom is 0.204 e.